The van der Waals surface area contributed by atoms with Crippen molar-refractivity contribution in [3.05, 3.63) is 106 Å². The molecule has 1 unspecified atom stereocenters. The van der Waals surface area contributed by atoms with Crippen LogP contribution in [0, 0.1) is 24.4 Å². The Labute approximate surface area is 242 Å². The molecule has 0 bridgehead atoms. The molecule has 226 valence electrons. The second-order valence-corrected chi connectivity index (χ2v) is 10.3. The van der Waals surface area contributed by atoms with Crippen LogP contribution in [-0.2, 0) is 23.9 Å². The number of benzene rings is 2. The van der Waals surface area contributed by atoms with Crippen molar-refractivity contribution in [3.63, 3.8) is 0 Å². The number of alkyl halides is 3. The van der Waals surface area contributed by atoms with Gasteiger partial charge in [0.05, 0.1) is 17.3 Å². The van der Waals surface area contributed by atoms with E-state index in [1.165, 1.54) is 25.3 Å². The molecule has 0 aliphatic carbocycles. The summed E-state index contributed by atoms with van der Waals surface area (Å²) in [7, 11) is 0. The normalized spacial score (nSPS) is 12.4. The molecule has 0 radical (unpaired) electrons. The highest BCUT2D eigenvalue weighted by Crippen LogP contribution is 2.36. The fourth-order valence-corrected chi connectivity index (χ4v) is 4.99. The molecular formula is C30H27F6N5O2. The fourth-order valence-electron chi connectivity index (χ4n) is 4.99. The van der Waals surface area contributed by atoms with Crippen LogP contribution in [0.1, 0.15) is 64.4 Å². The number of aromatic nitrogens is 3. The predicted octanol–water partition coefficient (Wildman–Crippen LogP) is 6.01. The second kappa shape index (κ2) is 12.3. The topological polar surface area (TPSA) is 103 Å². The van der Waals surface area contributed by atoms with Gasteiger partial charge in [-0.25, -0.2) is 13.2 Å². The zero-order valence-corrected chi connectivity index (χ0v) is 23.3. The van der Waals surface area contributed by atoms with Crippen molar-refractivity contribution in [3.8, 4) is 11.1 Å². The largest absolute Gasteiger partial charge is 0.435 e. The lowest BCUT2D eigenvalue weighted by Gasteiger charge is -2.22. The summed E-state index contributed by atoms with van der Waals surface area (Å²) in [6.07, 6.45) is -3.53. The predicted molar refractivity (Wildman–Crippen MR) is 145 cm³/mol. The summed E-state index contributed by atoms with van der Waals surface area (Å²) < 4.78 is 84.3. The molecule has 2 aromatic carbocycles. The molecule has 2 heterocycles. The smallest absolute Gasteiger partial charge is 0.366 e. The lowest BCUT2D eigenvalue weighted by Crippen LogP contribution is -2.34. The number of primary amides is 1. The van der Waals surface area contributed by atoms with Crippen molar-refractivity contribution < 1.29 is 35.9 Å². The molecule has 4 aromatic rings. The van der Waals surface area contributed by atoms with Gasteiger partial charge in [0.1, 0.15) is 24.0 Å². The van der Waals surface area contributed by atoms with Crippen LogP contribution in [0.2, 0.25) is 0 Å². The Hall–Kier alpha value is -4.68. The van der Waals surface area contributed by atoms with E-state index >= 15 is 0 Å². The number of carbonyl (C=O) groups excluding carboxylic acids is 2. The Morgan fingerprint density at radius 1 is 1.02 bits per heavy atom. The molecule has 2 amide bonds. The summed E-state index contributed by atoms with van der Waals surface area (Å²) in [5, 5.41) is 6.36. The first-order valence-corrected chi connectivity index (χ1v) is 13.1. The summed E-state index contributed by atoms with van der Waals surface area (Å²) in [6, 6.07) is 8.46. The van der Waals surface area contributed by atoms with Crippen LogP contribution in [0.5, 0.6) is 0 Å². The lowest BCUT2D eigenvalue weighted by atomic mass is 9.94. The van der Waals surface area contributed by atoms with Crippen molar-refractivity contribution >= 4 is 11.8 Å². The first-order valence-electron chi connectivity index (χ1n) is 13.1. The minimum atomic E-state index is -4.74. The first kappa shape index (κ1) is 31.3. The molecule has 0 spiro atoms. The van der Waals surface area contributed by atoms with Crippen molar-refractivity contribution in [2.45, 2.75) is 51.9 Å². The highest BCUT2D eigenvalue weighted by atomic mass is 19.4. The van der Waals surface area contributed by atoms with Gasteiger partial charge in [-0.2, -0.15) is 18.3 Å². The highest BCUT2D eigenvalue weighted by Gasteiger charge is 2.39. The zero-order chi connectivity index (χ0) is 31.6. The van der Waals surface area contributed by atoms with Crippen LogP contribution in [-0.4, -0.2) is 26.6 Å². The molecule has 0 fully saturated rings. The number of amides is 2. The summed E-state index contributed by atoms with van der Waals surface area (Å²) in [5.41, 5.74) is 4.90. The van der Waals surface area contributed by atoms with Gasteiger partial charge in [-0.1, -0.05) is 26.0 Å². The number of rotatable bonds is 9. The van der Waals surface area contributed by atoms with E-state index in [9.17, 15) is 35.9 Å². The van der Waals surface area contributed by atoms with E-state index in [0.29, 0.717) is 17.2 Å². The maximum Gasteiger partial charge on any atom is 0.435 e. The number of hydrogen-bond acceptors (Lipinski definition) is 4. The van der Waals surface area contributed by atoms with E-state index in [-0.39, 0.29) is 28.9 Å². The highest BCUT2D eigenvalue weighted by molar-refractivity contribution is 5.94. The lowest BCUT2D eigenvalue weighted by molar-refractivity contribution is -0.142. The van der Waals surface area contributed by atoms with Gasteiger partial charge >= 0.3 is 6.18 Å². The maximum absolute atomic E-state index is 14.2. The molecule has 0 aliphatic rings. The van der Waals surface area contributed by atoms with E-state index in [1.54, 1.807) is 26.0 Å². The van der Waals surface area contributed by atoms with Gasteiger partial charge in [0.2, 0.25) is 5.91 Å². The van der Waals surface area contributed by atoms with E-state index in [0.717, 1.165) is 22.9 Å². The van der Waals surface area contributed by atoms with E-state index < -0.39 is 65.2 Å². The molecular weight excluding hydrogens is 576 g/mol. The molecule has 4 rings (SSSR count). The van der Waals surface area contributed by atoms with E-state index in [4.69, 9.17) is 5.73 Å². The van der Waals surface area contributed by atoms with Crippen LogP contribution in [0.4, 0.5) is 26.3 Å². The molecule has 2 aromatic heterocycles. The van der Waals surface area contributed by atoms with Gasteiger partial charge in [-0.05, 0) is 60.7 Å². The van der Waals surface area contributed by atoms with Crippen molar-refractivity contribution in [2.75, 3.05) is 0 Å². The maximum atomic E-state index is 14.2. The second-order valence-electron chi connectivity index (χ2n) is 10.3. The molecule has 43 heavy (non-hydrogen) atoms. The standard InChI is InChI=1S/C30H27F6N5O2/c1-15(2)26-16(3)41(40-28(26)30(34,35)36)14-25(42)39-24(11-17-9-19(31)13-20(32)10-17)27-21(5-4-8-38-27)18-6-7-23(33)22(12-18)29(37)43/h4-10,12-13,15,24H,11,14H2,1-3H3,(H2,37,43)(H,39,42). The van der Waals surface area contributed by atoms with Crippen molar-refractivity contribution in [2.24, 2.45) is 5.73 Å². The molecule has 0 aliphatic heterocycles. The van der Waals surface area contributed by atoms with Crippen LogP contribution in [0.25, 0.3) is 11.1 Å². The van der Waals surface area contributed by atoms with E-state index in [1.807, 2.05) is 0 Å². The monoisotopic (exact) mass is 603 g/mol. The molecule has 0 saturated carbocycles. The Kier molecular flexibility index (Phi) is 8.93. The van der Waals surface area contributed by atoms with Crippen molar-refractivity contribution in [1.82, 2.24) is 20.1 Å². The number of pyridine rings is 1. The Bertz CT molecular complexity index is 1660. The Balaban J connectivity index is 1.76. The van der Waals surface area contributed by atoms with Gasteiger partial charge < -0.3 is 11.1 Å². The number of nitrogens with zero attached hydrogens (tertiary/aromatic N) is 3. The van der Waals surface area contributed by atoms with Crippen LogP contribution in [0.15, 0.2) is 54.7 Å². The summed E-state index contributed by atoms with van der Waals surface area (Å²) >= 11 is 0. The fraction of sp³-hybridized carbons (Fsp3) is 0.267. The van der Waals surface area contributed by atoms with Crippen molar-refractivity contribution in [1.29, 1.82) is 0 Å². The van der Waals surface area contributed by atoms with Gasteiger partial charge in [0.15, 0.2) is 5.69 Å². The average molecular weight is 604 g/mol. The molecule has 7 nitrogen and oxygen atoms in total. The third-order valence-corrected chi connectivity index (χ3v) is 6.80. The van der Waals surface area contributed by atoms with Gasteiger partial charge in [0, 0.05) is 29.1 Å². The molecule has 1 atom stereocenters. The zero-order valence-electron chi connectivity index (χ0n) is 23.3. The number of hydrogen-bond donors (Lipinski definition) is 2. The number of carbonyl (C=O) groups is 2. The summed E-state index contributed by atoms with van der Waals surface area (Å²) in [4.78, 5) is 29.4. The minimum absolute atomic E-state index is 0.0411. The van der Waals surface area contributed by atoms with Crippen LogP contribution in [0.3, 0.4) is 0 Å². The Morgan fingerprint density at radius 2 is 1.70 bits per heavy atom. The first-order chi connectivity index (χ1) is 20.1. The number of halogens is 6. The molecule has 13 heteroatoms. The number of nitrogens with one attached hydrogen (secondary N) is 1. The molecule has 0 saturated heterocycles. The van der Waals surface area contributed by atoms with Gasteiger partial charge in [-0.15, -0.1) is 0 Å². The number of nitrogens with two attached hydrogens (primary N) is 1. The van der Waals surface area contributed by atoms with Gasteiger partial charge in [-0.3, -0.25) is 19.3 Å². The minimum Gasteiger partial charge on any atom is -0.366 e. The van der Waals surface area contributed by atoms with Gasteiger partial charge in [0.25, 0.3) is 5.91 Å². The van der Waals surface area contributed by atoms with E-state index in [2.05, 4.69) is 15.4 Å². The Morgan fingerprint density at radius 3 is 2.28 bits per heavy atom. The molecule has 3 N–H and O–H groups in total. The van der Waals surface area contributed by atoms with Crippen LogP contribution < -0.4 is 11.1 Å². The van der Waals surface area contributed by atoms with Crippen LogP contribution >= 0.6 is 0 Å². The third kappa shape index (κ3) is 7.04. The summed E-state index contributed by atoms with van der Waals surface area (Å²) in [5.74, 6) is -4.88. The average Bonchev–Trinajstić information content (AvgIpc) is 3.24. The summed E-state index contributed by atoms with van der Waals surface area (Å²) in [6.45, 7) is 4.00. The SMILES string of the molecule is Cc1c(C(C)C)c(C(F)(F)F)nn1CC(=O)NC(Cc1cc(F)cc(F)c1)c1ncccc1-c1ccc(F)c(C(N)=O)c1. The third-order valence-electron chi connectivity index (χ3n) is 6.80. The quantitative estimate of drug-likeness (QED) is 0.229.